The van der Waals surface area contributed by atoms with Crippen LogP contribution in [0.2, 0.25) is 0 Å². The molecule has 0 fully saturated rings. The molecule has 0 saturated carbocycles. The first-order valence-corrected chi connectivity index (χ1v) is 7.22. The summed E-state index contributed by atoms with van der Waals surface area (Å²) in [5, 5.41) is 5.97. The molecule has 19 heavy (non-hydrogen) atoms. The molecular weight excluding hydrogens is 311 g/mol. The van der Waals surface area contributed by atoms with Gasteiger partial charge in [-0.3, -0.25) is 4.79 Å². The Hall–Kier alpha value is -0.940. The summed E-state index contributed by atoms with van der Waals surface area (Å²) < 4.78 is 14.2. The Morgan fingerprint density at radius 1 is 1.42 bits per heavy atom. The van der Waals surface area contributed by atoms with Crippen LogP contribution < -0.4 is 10.6 Å². The predicted octanol–water partition coefficient (Wildman–Crippen LogP) is 2.98. The maximum Gasteiger partial charge on any atom is 0.220 e. The van der Waals surface area contributed by atoms with Gasteiger partial charge in [-0.25, -0.2) is 4.39 Å². The molecule has 1 aromatic rings. The molecule has 5 heteroatoms. The zero-order chi connectivity index (χ0) is 14.3. The minimum Gasteiger partial charge on any atom is -0.352 e. The Balaban J connectivity index is 2.28. The molecular formula is C14H20BrFN2O. The Morgan fingerprint density at radius 3 is 2.84 bits per heavy atom. The molecule has 0 atom stereocenters. The first-order chi connectivity index (χ1) is 8.99. The zero-order valence-electron chi connectivity index (χ0n) is 11.3. The van der Waals surface area contributed by atoms with Gasteiger partial charge in [-0.1, -0.05) is 29.8 Å². The Kier molecular flexibility index (Phi) is 7.02. The third kappa shape index (κ3) is 6.68. The van der Waals surface area contributed by atoms with Crippen LogP contribution in [0.1, 0.15) is 32.3 Å². The quantitative estimate of drug-likeness (QED) is 0.754. The van der Waals surface area contributed by atoms with Crippen molar-refractivity contribution in [3.05, 3.63) is 34.1 Å². The van der Waals surface area contributed by atoms with Crippen molar-refractivity contribution < 1.29 is 9.18 Å². The van der Waals surface area contributed by atoms with Crippen molar-refractivity contribution >= 4 is 21.8 Å². The second-order valence-electron chi connectivity index (χ2n) is 4.72. The van der Waals surface area contributed by atoms with Crippen LogP contribution in [-0.2, 0) is 11.3 Å². The van der Waals surface area contributed by atoms with Crippen molar-refractivity contribution in [2.45, 2.75) is 39.3 Å². The molecule has 1 aromatic carbocycles. The van der Waals surface area contributed by atoms with Crippen LogP contribution in [0.15, 0.2) is 22.7 Å². The van der Waals surface area contributed by atoms with E-state index in [0.717, 1.165) is 17.4 Å². The third-order valence-corrected chi connectivity index (χ3v) is 3.11. The van der Waals surface area contributed by atoms with Crippen LogP contribution in [0, 0.1) is 5.82 Å². The predicted molar refractivity (Wildman–Crippen MR) is 78.3 cm³/mol. The van der Waals surface area contributed by atoms with E-state index in [1.54, 1.807) is 12.1 Å². The van der Waals surface area contributed by atoms with Gasteiger partial charge < -0.3 is 10.6 Å². The van der Waals surface area contributed by atoms with Gasteiger partial charge in [0.15, 0.2) is 0 Å². The highest BCUT2D eigenvalue weighted by molar-refractivity contribution is 9.10. The van der Waals surface area contributed by atoms with Gasteiger partial charge in [0.25, 0.3) is 0 Å². The Morgan fingerprint density at radius 2 is 2.16 bits per heavy atom. The minimum atomic E-state index is -0.301. The highest BCUT2D eigenvalue weighted by Gasteiger charge is 2.05. The number of rotatable bonds is 7. The first-order valence-electron chi connectivity index (χ1n) is 6.43. The Bertz CT molecular complexity index is 424. The highest BCUT2D eigenvalue weighted by Crippen LogP contribution is 2.15. The molecule has 0 unspecified atom stereocenters. The van der Waals surface area contributed by atoms with Crippen LogP contribution in [0.5, 0.6) is 0 Å². The van der Waals surface area contributed by atoms with Gasteiger partial charge >= 0.3 is 0 Å². The standard InChI is InChI=1S/C14H20BrFN2O/c1-10(2)17-7-3-4-14(19)18-9-11-8-12(15)5-6-13(11)16/h5-6,8,10,17H,3-4,7,9H2,1-2H3,(H,18,19). The lowest BCUT2D eigenvalue weighted by molar-refractivity contribution is -0.121. The van der Waals surface area contributed by atoms with Crippen LogP contribution in [-0.4, -0.2) is 18.5 Å². The van der Waals surface area contributed by atoms with Gasteiger partial charge in [0.05, 0.1) is 0 Å². The number of halogens is 2. The van der Waals surface area contributed by atoms with Gasteiger partial charge in [-0.2, -0.15) is 0 Å². The molecule has 0 heterocycles. The van der Waals surface area contributed by atoms with Gasteiger partial charge in [0.2, 0.25) is 5.91 Å². The fraction of sp³-hybridized carbons (Fsp3) is 0.500. The molecule has 0 aliphatic rings. The molecule has 0 radical (unpaired) electrons. The van der Waals surface area contributed by atoms with E-state index < -0.39 is 0 Å². The smallest absolute Gasteiger partial charge is 0.220 e. The number of nitrogens with one attached hydrogen (secondary N) is 2. The molecule has 1 amide bonds. The van der Waals surface area contributed by atoms with Crippen LogP contribution in [0.25, 0.3) is 0 Å². The maximum atomic E-state index is 13.4. The number of hydrogen-bond donors (Lipinski definition) is 2. The lowest BCUT2D eigenvalue weighted by Gasteiger charge is -2.09. The fourth-order valence-electron chi connectivity index (χ4n) is 1.60. The second kappa shape index (κ2) is 8.27. The van der Waals surface area contributed by atoms with Crippen LogP contribution >= 0.6 is 15.9 Å². The van der Waals surface area contributed by atoms with E-state index in [2.05, 4.69) is 40.4 Å². The number of carbonyl (C=O) groups is 1. The zero-order valence-corrected chi connectivity index (χ0v) is 12.9. The molecule has 0 aliphatic heterocycles. The summed E-state index contributed by atoms with van der Waals surface area (Å²) >= 11 is 3.28. The number of amides is 1. The summed E-state index contributed by atoms with van der Waals surface area (Å²) in [7, 11) is 0. The van der Waals surface area contributed by atoms with Crippen LogP contribution in [0.4, 0.5) is 4.39 Å². The molecule has 2 N–H and O–H groups in total. The monoisotopic (exact) mass is 330 g/mol. The summed E-state index contributed by atoms with van der Waals surface area (Å²) in [4.78, 5) is 11.6. The molecule has 106 valence electrons. The molecule has 0 bridgehead atoms. The van der Waals surface area contributed by atoms with E-state index in [0.29, 0.717) is 18.0 Å². The Labute approximate surface area is 122 Å². The van der Waals surface area contributed by atoms with E-state index >= 15 is 0 Å². The van der Waals surface area contributed by atoms with Crippen LogP contribution in [0.3, 0.4) is 0 Å². The average Bonchev–Trinajstić information content (AvgIpc) is 2.35. The summed E-state index contributed by atoms with van der Waals surface area (Å²) in [6.07, 6.45) is 1.24. The summed E-state index contributed by atoms with van der Waals surface area (Å²) in [5.74, 6) is -0.352. The summed E-state index contributed by atoms with van der Waals surface area (Å²) in [6.45, 7) is 5.17. The normalized spacial score (nSPS) is 10.8. The van der Waals surface area contributed by atoms with Crippen molar-refractivity contribution in [2.75, 3.05) is 6.54 Å². The van der Waals surface area contributed by atoms with Crippen molar-refractivity contribution in [1.29, 1.82) is 0 Å². The molecule has 0 aromatic heterocycles. The average molecular weight is 331 g/mol. The van der Waals surface area contributed by atoms with Gasteiger partial charge in [0.1, 0.15) is 5.82 Å². The van der Waals surface area contributed by atoms with Crippen molar-refractivity contribution in [3.8, 4) is 0 Å². The van der Waals surface area contributed by atoms with E-state index in [1.807, 2.05) is 0 Å². The number of benzene rings is 1. The van der Waals surface area contributed by atoms with E-state index in [9.17, 15) is 9.18 Å². The van der Waals surface area contributed by atoms with E-state index in [1.165, 1.54) is 6.07 Å². The maximum absolute atomic E-state index is 13.4. The van der Waals surface area contributed by atoms with E-state index in [-0.39, 0.29) is 18.3 Å². The van der Waals surface area contributed by atoms with Gasteiger partial charge in [0, 0.05) is 29.0 Å². The van der Waals surface area contributed by atoms with Gasteiger partial charge in [-0.15, -0.1) is 0 Å². The molecule has 1 rings (SSSR count). The van der Waals surface area contributed by atoms with E-state index in [4.69, 9.17) is 0 Å². The molecule has 0 aliphatic carbocycles. The molecule has 0 saturated heterocycles. The van der Waals surface area contributed by atoms with Crippen molar-refractivity contribution in [3.63, 3.8) is 0 Å². The summed E-state index contributed by atoms with van der Waals surface area (Å²) in [6, 6.07) is 5.13. The van der Waals surface area contributed by atoms with Crippen molar-refractivity contribution in [2.24, 2.45) is 0 Å². The minimum absolute atomic E-state index is 0.0510. The topological polar surface area (TPSA) is 41.1 Å². The lowest BCUT2D eigenvalue weighted by atomic mass is 10.2. The highest BCUT2D eigenvalue weighted by atomic mass is 79.9. The second-order valence-corrected chi connectivity index (χ2v) is 5.64. The van der Waals surface area contributed by atoms with Gasteiger partial charge in [-0.05, 0) is 31.2 Å². The molecule has 0 spiro atoms. The first kappa shape index (κ1) is 16.1. The largest absolute Gasteiger partial charge is 0.352 e. The molecule has 3 nitrogen and oxygen atoms in total. The van der Waals surface area contributed by atoms with Crippen molar-refractivity contribution in [1.82, 2.24) is 10.6 Å². The number of carbonyl (C=O) groups excluding carboxylic acids is 1. The number of hydrogen-bond acceptors (Lipinski definition) is 2. The SMILES string of the molecule is CC(C)NCCCC(=O)NCc1cc(Br)ccc1F. The summed E-state index contributed by atoms with van der Waals surface area (Å²) in [5.41, 5.74) is 0.489. The fourth-order valence-corrected chi connectivity index (χ4v) is 2.01. The lowest BCUT2D eigenvalue weighted by Crippen LogP contribution is -2.27. The third-order valence-electron chi connectivity index (χ3n) is 2.62.